The number of benzene rings is 2. The van der Waals surface area contributed by atoms with Crippen LogP contribution in [0.1, 0.15) is 45.6 Å². The van der Waals surface area contributed by atoms with Gasteiger partial charge in [-0.2, -0.15) is 5.26 Å². The number of nitroso groups, excluding NO2 is 1. The Hall–Kier alpha value is -2.57. The van der Waals surface area contributed by atoms with Crippen LogP contribution in [0.2, 0.25) is 0 Å². The van der Waals surface area contributed by atoms with E-state index < -0.39 is 20.7 Å². The van der Waals surface area contributed by atoms with Gasteiger partial charge < -0.3 is 10.6 Å². The van der Waals surface area contributed by atoms with Gasteiger partial charge in [0.2, 0.25) is 10.0 Å². The fourth-order valence-electron chi connectivity index (χ4n) is 3.74. The van der Waals surface area contributed by atoms with Crippen molar-refractivity contribution in [1.82, 2.24) is 4.90 Å². The van der Waals surface area contributed by atoms with Gasteiger partial charge in [-0.05, 0) is 92.8 Å². The van der Waals surface area contributed by atoms with E-state index in [0.29, 0.717) is 11.8 Å². The fourth-order valence-corrected chi connectivity index (χ4v) is 5.57. The molecule has 1 spiro atoms. The molecule has 2 fully saturated rings. The summed E-state index contributed by atoms with van der Waals surface area (Å²) in [5, 5.41) is 13.3. The van der Waals surface area contributed by atoms with Gasteiger partial charge in [0.05, 0.1) is 22.0 Å². The first kappa shape index (κ1) is 36.5. The third-order valence-electron chi connectivity index (χ3n) is 6.07. The van der Waals surface area contributed by atoms with E-state index in [0.717, 1.165) is 29.2 Å². The summed E-state index contributed by atoms with van der Waals surface area (Å²) in [6.45, 7) is 5.31. The summed E-state index contributed by atoms with van der Waals surface area (Å²) in [7, 11) is -4.02. The number of anilines is 1. The molecule has 41 heavy (non-hydrogen) atoms. The van der Waals surface area contributed by atoms with E-state index in [1.54, 1.807) is 6.07 Å². The van der Waals surface area contributed by atoms with Gasteiger partial charge in [-0.15, -0.1) is 16.7 Å². The first-order valence-electron chi connectivity index (χ1n) is 12.3. The Morgan fingerprint density at radius 3 is 2.34 bits per heavy atom. The average Bonchev–Trinajstić information content (AvgIpc) is 3.67. The van der Waals surface area contributed by atoms with Gasteiger partial charge in [-0.25, -0.2) is 26.7 Å². The second kappa shape index (κ2) is 17.4. The minimum absolute atomic E-state index is 0. The zero-order chi connectivity index (χ0) is 29.8. The van der Waals surface area contributed by atoms with E-state index in [2.05, 4.69) is 9.48 Å². The topological polar surface area (TPSA) is 143 Å². The van der Waals surface area contributed by atoms with Gasteiger partial charge in [0.15, 0.2) is 0 Å². The number of nitrogen functional groups attached to an aromatic ring is 1. The van der Waals surface area contributed by atoms with Crippen LogP contribution in [-0.2, 0) is 10.0 Å². The molecular formula is C27H36F3N5O3S3. The number of thioether (sulfide) groups is 1. The highest BCUT2D eigenvalue weighted by atomic mass is 32.2. The molecule has 0 bridgehead atoms. The summed E-state index contributed by atoms with van der Waals surface area (Å²) in [6, 6.07) is 9.97. The van der Waals surface area contributed by atoms with E-state index in [9.17, 15) is 26.5 Å². The first-order valence-corrected chi connectivity index (χ1v) is 15.8. The molecule has 0 aromatic heterocycles. The van der Waals surface area contributed by atoms with E-state index in [1.165, 1.54) is 75.3 Å². The van der Waals surface area contributed by atoms with Crippen LogP contribution in [0, 0.1) is 33.3 Å². The van der Waals surface area contributed by atoms with E-state index in [4.69, 9.17) is 16.1 Å². The van der Waals surface area contributed by atoms with Crippen LogP contribution >= 0.6 is 23.7 Å². The van der Waals surface area contributed by atoms with Crippen LogP contribution in [0.25, 0.3) is 0 Å². The van der Waals surface area contributed by atoms with Crippen LogP contribution in [0.5, 0.6) is 0 Å². The Morgan fingerprint density at radius 2 is 1.83 bits per heavy atom. The molecule has 2 aromatic carbocycles. The van der Waals surface area contributed by atoms with E-state index in [-0.39, 0.29) is 30.3 Å². The second-order valence-electron chi connectivity index (χ2n) is 9.40. The summed E-state index contributed by atoms with van der Waals surface area (Å²) >= 11 is 2.62. The van der Waals surface area contributed by atoms with Crippen molar-refractivity contribution in [3.63, 3.8) is 0 Å². The maximum Gasteiger partial charge on any atom is 0.238 e. The minimum Gasteiger partial charge on any atom is -0.395 e. The Bertz CT molecular complexity index is 1300. The average molecular weight is 632 g/mol. The van der Waals surface area contributed by atoms with Gasteiger partial charge in [0.25, 0.3) is 0 Å². The molecule has 0 atom stereocenters. The van der Waals surface area contributed by atoms with Crippen LogP contribution in [-0.4, -0.2) is 44.5 Å². The third kappa shape index (κ3) is 13.3. The number of nitrogens with zero attached hydrogens (tertiary/aromatic N) is 3. The van der Waals surface area contributed by atoms with Gasteiger partial charge in [-0.1, -0.05) is 7.43 Å². The number of likely N-dealkylation sites (tertiary alicyclic amines) is 1. The summed E-state index contributed by atoms with van der Waals surface area (Å²) in [5.74, 6) is 0.0663. The molecule has 1 aliphatic carbocycles. The SMILES string of the molecule is C.C/C(F)=C\CSN=O.Fc1ccc(SCCCCN2CC3(CC3)C2)cc1.N#Cc1cc(S(N)(=O)=O)cc(F)c1N. The van der Waals surface area contributed by atoms with Crippen LogP contribution in [0.15, 0.2) is 62.7 Å². The zero-order valence-electron chi connectivity index (χ0n) is 22.0. The summed E-state index contributed by atoms with van der Waals surface area (Å²) < 4.78 is 61.5. The number of primary sulfonamides is 1. The monoisotopic (exact) mass is 631 g/mol. The molecule has 226 valence electrons. The number of nitrogens with two attached hydrogens (primary N) is 2. The Kier molecular flexibility index (Phi) is 15.5. The lowest BCUT2D eigenvalue weighted by atomic mass is 9.97. The Labute approximate surface area is 248 Å². The highest BCUT2D eigenvalue weighted by Crippen LogP contribution is 2.52. The smallest absolute Gasteiger partial charge is 0.238 e. The maximum atomic E-state index is 13.0. The summed E-state index contributed by atoms with van der Waals surface area (Å²) in [6.07, 6.45) is 6.80. The molecule has 4 N–H and O–H groups in total. The molecule has 1 aliphatic heterocycles. The summed E-state index contributed by atoms with van der Waals surface area (Å²) in [4.78, 5) is 12.6. The lowest BCUT2D eigenvalue weighted by molar-refractivity contribution is 0.0806. The molecule has 0 radical (unpaired) electrons. The lowest BCUT2D eigenvalue weighted by Gasteiger charge is -2.40. The molecule has 4 rings (SSSR count). The van der Waals surface area contributed by atoms with Gasteiger partial charge in [0, 0.05) is 40.3 Å². The predicted octanol–water partition coefficient (Wildman–Crippen LogP) is 6.63. The molecule has 0 unspecified atom stereocenters. The Morgan fingerprint density at radius 1 is 1.20 bits per heavy atom. The number of nitriles is 1. The van der Waals surface area contributed by atoms with Crippen molar-refractivity contribution >= 4 is 39.4 Å². The number of hydrogen-bond acceptors (Lipinski definition) is 9. The number of unbranched alkanes of at least 4 members (excludes halogenated alkanes) is 1. The molecule has 1 saturated carbocycles. The van der Waals surface area contributed by atoms with Crippen molar-refractivity contribution in [1.29, 1.82) is 5.26 Å². The fraction of sp³-hybridized carbons (Fsp3) is 0.444. The summed E-state index contributed by atoms with van der Waals surface area (Å²) in [5.41, 5.74) is 5.32. The lowest BCUT2D eigenvalue weighted by Crippen LogP contribution is -2.48. The molecule has 2 aromatic rings. The van der Waals surface area contributed by atoms with Crippen LogP contribution in [0.3, 0.4) is 0 Å². The molecule has 0 amide bonds. The maximum absolute atomic E-state index is 13.0. The molecule has 8 nitrogen and oxygen atoms in total. The number of hydrogen-bond donors (Lipinski definition) is 2. The van der Waals surface area contributed by atoms with E-state index in [1.807, 2.05) is 23.9 Å². The predicted molar refractivity (Wildman–Crippen MR) is 161 cm³/mol. The molecule has 2 aliphatic rings. The molecule has 1 heterocycles. The van der Waals surface area contributed by atoms with Gasteiger partial charge >= 0.3 is 0 Å². The van der Waals surface area contributed by atoms with Crippen molar-refractivity contribution in [2.75, 3.05) is 36.9 Å². The largest absolute Gasteiger partial charge is 0.395 e. The van der Waals surface area contributed by atoms with Crippen molar-refractivity contribution in [2.45, 2.75) is 49.8 Å². The first-order chi connectivity index (χ1) is 18.9. The van der Waals surface area contributed by atoms with Crippen molar-refractivity contribution in [3.8, 4) is 6.07 Å². The van der Waals surface area contributed by atoms with Crippen LogP contribution in [0.4, 0.5) is 18.9 Å². The van der Waals surface area contributed by atoms with Gasteiger partial charge in [0.1, 0.15) is 17.7 Å². The zero-order valence-corrected chi connectivity index (χ0v) is 24.4. The highest BCUT2D eigenvalue weighted by Gasteiger charge is 2.51. The number of allylic oxidation sites excluding steroid dienone is 1. The highest BCUT2D eigenvalue weighted by molar-refractivity contribution is 7.99. The number of rotatable bonds is 10. The van der Waals surface area contributed by atoms with Crippen LogP contribution < -0.4 is 10.9 Å². The quantitative estimate of drug-likeness (QED) is 0.0978. The van der Waals surface area contributed by atoms with E-state index >= 15 is 0 Å². The molecular weight excluding hydrogens is 596 g/mol. The molecule has 14 heteroatoms. The number of halogens is 3. The van der Waals surface area contributed by atoms with Crippen molar-refractivity contribution < 1.29 is 21.6 Å². The standard InChI is InChI=1S/C15H20FNS.C7H6FN3O2S.C4H6FNOS.CH4/c16-13-3-5-14(6-4-13)18-10-2-1-9-17-11-15(12-17)7-8-15;8-6-2-5(14(11,12)13)1-4(3-9)7(6)10;1-4(5)2-3-8-6-7;/h3-6H,1-2,7-12H2;1-2H,10H2,(H2,11,12,13);2H,3H2,1H3;1H4/b;;4-2+;. The Balaban J connectivity index is 0.000000328. The normalized spacial score (nSPS) is 15.2. The van der Waals surface area contributed by atoms with Crippen molar-refractivity contribution in [3.05, 3.63) is 70.4 Å². The van der Waals surface area contributed by atoms with Crippen molar-refractivity contribution in [2.24, 2.45) is 15.1 Å². The van der Waals surface area contributed by atoms with Gasteiger partial charge in [-0.3, -0.25) is 0 Å². The second-order valence-corrected chi connectivity index (χ2v) is 12.9. The molecule has 1 saturated heterocycles. The third-order valence-corrected chi connectivity index (χ3v) is 8.48. The minimum atomic E-state index is -4.02. The number of sulfonamides is 1.